The Labute approximate surface area is 43.6 Å². The molecule has 1 aliphatic rings. The SMILES string of the molecule is C[C@@H]1COC[C@@H]1N. The lowest BCUT2D eigenvalue weighted by molar-refractivity contribution is 0.186. The molecule has 1 aliphatic heterocycles. The Balaban J connectivity index is 2.33. The van der Waals surface area contributed by atoms with Crippen molar-refractivity contribution in [3.63, 3.8) is 0 Å². The number of hydrogen-bond acceptors (Lipinski definition) is 2. The molecule has 0 aliphatic carbocycles. The van der Waals surface area contributed by atoms with Gasteiger partial charge in [0.2, 0.25) is 0 Å². The van der Waals surface area contributed by atoms with Crippen molar-refractivity contribution in [3.05, 3.63) is 0 Å². The number of rotatable bonds is 0. The lowest BCUT2D eigenvalue weighted by Gasteiger charge is -2.02. The maximum absolute atomic E-state index is 5.55. The van der Waals surface area contributed by atoms with E-state index in [1.165, 1.54) is 0 Å². The normalized spacial score (nSPS) is 42.0. The summed E-state index contributed by atoms with van der Waals surface area (Å²) in [7, 11) is 0. The lowest BCUT2D eigenvalue weighted by Crippen LogP contribution is -2.25. The van der Waals surface area contributed by atoms with Crippen molar-refractivity contribution in [2.45, 2.75) is 13.0 Å². The molecule has 0 aromatic rings. The van der Waals surface area contributed by atoms with Crippen LogP contribution >= 0.6 is 0 Å². The van der Waals surface area contributed by atoms with Crippen molar-refractivity contribution >= 4 is 0 Å². The van der Waals surface area contributed by atoms with Gasteiger partial charge in [0.15, 0.2) is 0 Å². The molecule has 1 heterocycles. The molecule has 0 aromatic carbocycles. The van der Waals surface area contributed by atoms with E-state index in [2.05, 4.69) is 6.92 Å². The molecule has 1 saturated heterocycles. The van der Waals surface area contributed by atoms with Gasteiger partial charge >= 0.3 is 0 Å². The zero-order valence-electron chi connectivity index (χ0n) is 4.55. The van der Waals surface area contributed by atoms with E-state index in [-0.39, 0.29) is 0 Å². The molecule has 2 N–H and O–H groups in total. The minimum absolute atomic E-state index is 0.292. The lowest BCUT2D eigenvalue weighted by atomic mass is 10.1. The Kier molecular flexibility index (Phi) is 1.30. The van der Waals surface area contributed by atoms with Crippen molar-refractivity contribution in [2.24, 2.45) is 11.7 Å². The van der Waals surface area contributed by atoms with Crippen LogP contribution < -0.4 is 5.73 Å². The highest BCUT2D eigenvalue weighted by molar-refractivity contribution is 4.73. The zero-order valence-corrected chi connectivity index (χ0v) is 4.55. The van der Waals surface area contributed by atoms with E-state index in [1.807, 2.05) is 0 Å². The molecule has 7 heavy (non-hydrogen) atoms. The summed E-state index contributed by atoms with van der Waals surface area (Å²) in [6, 6.07) is 0.292. The Morgan fingerprint density at radius 1 is 1.57 bits per heavy atom. The Hall–Kier alpha value is -0.0800. The average molecular weight is 101 g/mol. The van der Waals surface area contributed by atoms with E-state index in [0.29, 0.717) is 12.0 Å². The van der Waals surface area contributed by atoms with Crippen LogP contribution in [0.25, 0.3) is 0 Å². The van der Waals surface area contributed by atoms with Crippen LogP contribution in [0.15, 0.2) is 0 Å². The van der Waals surface area contributed by atoms with Gasteiger partial charge in [-0.15, -0.1) is 0 Å². The van der Waals surface area contributed by atoms with E-state index in [1.54, 1.807) is 0 Å². The molecule has 0 aromatic heterocycles. The first kappa shape index (κ1) is 5.06. The molecule has 0 saturated carbocycles. The smallest absolute Gasteiger partial charge is 0.0621 e. The monoisotopic (exact) mass is 101 g/mol. The second-order valence-corrected chi connectivity index (χ2v) is 2.18. The second-order valence-electron chi connectivity index (χ2n) is 2.18. The molecule has 2 nitrogen and oxygen atoms in total. The fraction of sp³-hybridized carbons (Fsp3) is 1.00. The highest BCUT2D eigenvalue weighted by atomic mass is 16.5. The van der Waals surface area contributed by atoms with E-state index >= 15 is 0 Å². The third-order valence-corrected chi connectivity index (χ3v) is 1.42. The zero-order chi connectivity index (χ0) is 5.28. The molecule has 0 radical (unpaired) electrons. The van der Waals surface area contributed by atoms with Crippen molar-refractivity contribution in [1.29, 1.82) is 0 Å². The van der Waals surface area contributed by atoms with Gasteiger partial charge in [-0.25, -0.2) is 0 Å². The maximum atomic E-state index is 5.55. The number of hydrogen-bond donors (Lipinski definition) is 1. The summed E-state index contributed by atoms with van der Waals surface area (Å²) in [4.78, 5) is 0. The van der Waals surface area contributed by atoms with Gasteiger partial charge < -0.3 is 10.5 Å². The molecular formula is C5H11NO. The minimum atomic E-state index is 0.292. The van der Waals surface area contributed by atoms with Crippen LogP contribution in [-0.4, -0.2) is 19.3 Å². The van der Waals surface area contributed by atoms with Crippen LogP contribution in [0, 0.1) is 5.92 Å². The van der Waals surface area contributed by atoms with Crippen molar-refractivity contribution in [2.75, 3.05) is 13.2 Å². The summed E-state index contributed by atoms with van der Waals surface area (Å²) in [6.45, 7) is 3.71. The fourth-order valence-electron chi connectivity index (χ4n) is 0.678. The van der Waals surface area contributed by atoms with Crippen LogP contribution in [0.3, 0.4) is 0 Å². The standard InChI is InChI=1S/C5H11NO/c1-4-2-7-3-5(4)6/h4-5H,2-3,6H2,1H3/t4-,5+/m1/s1. The predicted octanol–water partition coefficient (Wildman–Crippen LogP) is -0.0200. The van der Waals surface area contributed by atoms with Gasteiger partial charge in [0, 0.05) is 6.04 Å². The molecule has 2 atom stereocenters. The van der Waals surface area contributed by atoms with Crippen LogP contribution in [0.1, 0.15) is 6.92 Å². The summed E-state index contributed by atoms with van der Waals surface area (Å²) in [5.74, 6) is 0.569. The van der Waals surface area contributed by atoms with E-state index < -0.39 is 0 Å². The first-order valence-electron chi connectivity index (χ1n) is 2.64. The van der Waals surface area contributed by atoms with Gasteiger partial charge in [-0.3, -0.25) is 0 Å². The number of ether oxygens (including phenoxy) is 1. The van der Waals surface area contributed by atoms with Crippen LogP contribution in [0.4, 0.5) is 0 Å². The van der Waals surface area contributed by atoms with E-state index in [0.717, 1.165) is 13.2 Å². The fourth-order valence-corrected chi connectivity index (χ4v) is 0.678. The van der Waals surface area contributed by atoms with Crippen molar-refractivity contribution < 1.29 is 4.74 Å². The molecule has 1 fully saturated rings. The van der Waals surface area contributed by atoms with Gasteiger partial charge in [-0.2, -0.15) is 0 Å². The summed E-state index contributed by atoms with van der Waals surface area (Å²) in [6.07, 6.45) is 0. The maximum Gasteiger partial charge on any atom is 0.0621 e. The molecule has 0 amide bonds. The Morgan fingerprint density at radius 2 is 2.29 bits per heavy atom. The van der Waals surface area contributed by atoms with Crippen molar-refractivity contribution in [3.8, 4) is 0 Å². The van der Waals surface area contributed by atoms with Gasteiger partial charge in [-0.05, 0) is 5.92 Å². The van der Waals surface area contributed by atoms with Crippen LogP contribution in [0.5, 0.6) is 0 Å². The topological polar surface area (TPSA) is 35.2 Å². The van der Waals surface area contributed by atoms with Gasteiger partial charge in [0.05, 0.1) is 13.2 Å². The summed E-state index contributed by atoms with van der Waals surface area (Å²) >= 11 is 0. The highest BCUT2D eigenvalue weighted by Crippen LogP contribution is 2.08. The quantitative estimate of drug-likeness (QED) is 0.465. The van der Waals surface area contributed by atoms with Crippen LogP contribution in [-0.2, 0) is 4.74 Å². The average Bonchev–Trinajstić information content (AvgIpc) is 1.91. The van der Waals surface area contributed by atoms with Crippen molar-refractivity contribution in [1.82, 2.24) is 0 Å². The number of nitrogens with two attached hydrogens (primary N) is 1. The molecule has 1 rings (SSSR count). The Bertz CT molecular complexity index is 57.1. The Morgan fingerprint density at radius 3 is 2.43 bits per heavy atom. The van der Waals surface area contributed by atoms with E-state index in [4.69, 9.17) is 10.5 Å². The minimum Gasteiger partial charge on any atom is -0.379 e. The first-order chi connectivity index (χ1) is 3.30. The molecule has 2 heteroatoms. The summed E-state index contributed by atoms with van der Waals surface area (Å²) < 4.78 is 5.04. The molecule has 0 bridgehead atoms. The van der Waals surface area contributed by atoms with Gasteiger partial charge in [0.25, 0.3) is 0 Å². The largest absolute Gasteiger partial charge is 0.379 e. The highest BCUT2D eigenvalue weighted by Gasteiger charge is 2.18. The third-order valence-electron chi connectivity index (χ3n) is 1.42. The second kappa shape index (κ2) is 1.80. The molecular weight excluding hydrogens is 90.1 g/mol. The van der Waals surface area contributed by atoms with E-state index in [9.17, 15) is 0 Å². The summed E-state index contributed by atoms with van der Waals surface area (Å²) in [5, 5.41) is 0. The third kappa shape index (κ3) is 0.924. The molecule has 0 unspecified atom stereocenters. The van der Waals surface area contributed by atoms with Crippen LogP contribution in [0.2, 0.25) is 0 Å². The van der Waals surface area contributed by atoms with Gasteiger partial charge in [0.1, 0.15) is 0 Å². The summed E-state index contributed by atoms with van der Waals surface area (Å²) in [5.41, 5.74) is 5.55. The molecule has 42 valence electrons. The first-order valence-corrected chi connectivity index (χ1v) is 2.64. The predicted molar refractivity (Wildman–Crippen MR) is 28.0 cm³/mol. The van der Waals surface area contributed by atoms with Gasteiger partial charge in [-0.1, -0.05) is 6.92 Å². The molecule has 0 spiro atoms.